The molecule has 340 valence electrons. The fourth-order valence-electron chi connectivity index (χ4n) is 5.15. The van der Waals surface area contributed by atoms with Crippen molar-refractivity contribution in [2.75, 3.05) is 31.9 Å². The lowest BCUT2D eigenvalue weighted by molar-refractivity contribution is -0.143. The zero-order valence-corrected chi connectivity index (χ0v) is 36.6. The molecule has 60 heavy (non-hydrogen) atoms. The number of amides is 8. The molecule has 3 atom stereocenters. The average Bonchev–Trinajstić information content (AvgIpc) is 3.70. The molecule has 0 bridgehead atoms. The van der Waals surface area contributed by atoms with Crippen molar-refractivity contribution in [1.82, 2.24) is 41.9 Å². The fraction of sp³-hybridized carbons (Fsp3) is 0.684. The van der Waals surface area contributed by atoms with Crippen molar-refractivity contribution in [3.63, 3.8) is 0 Å². The molecule has 0 aliphatic heterocycles. The van der Waals surface area contributed by atoms with E-state index in [0.717, 1.165) is 11.4 Å². The van der Waals surface area contributed by atoms with Crippen LogP contribution in [0.1, 0.15) is 105 Å². The number of hydrogen-bond acceptors (Lipinski definition) is 11. The molecule has 0 aliphatic rings. The first-order valence-corrected chi connectivity index (χ1v) is 20.8. The van der Waals surface area contributed by atoms with E-state index in [1.54, 1.807) is 6.20 Å². The summed E-state index contributed by atoms with van der Waals surface area (Å²) in [6, 6.07) is -3.09. The van der Waals surface area contributed by atoms with Gasteiger partial charge < -0.3 is 59.8 Å². The third kappa shape index (κ3) is 25.2. The number of primary amides is 2. The second kappa shape index (κ2) is 30.6. The fourth-order valence-corrected chi connectivity index (χ4v) is 5.15. The maximum Gasteiger partial charge on any atom is 0.243 e. The minimum atomic E-state index is -1.58. The van der Waals surface area contributed by atoms with Crippen molar-refractivity contribution in [2.45, 2.75) is 123 Å². The van der Waals surface area contributed by atoms with Crippen LogP contribution in [0.2, 0.25) is 0 Å². The summed E-state index contributed by atoms with van der Waals surface area (Å²) in [5.41, 5.74) is 20.7. The summed E-state index contributed by atoms with van der Waals surface area (Å²) < 4.78 is 0. The van der Waals surface area contributed by atoms with Crippen LogP contribution in [0.25, 0.3) is 0 Å². The van der Waals surface area contributed by atoms with Crippen LogP contribution in [-0.4, -0.2) is 113 Å². The predicted octanol–water partition coefficient (Wildman–Crippen LogP) is -1.48. The molecule has 1 aromatic heterocycles. The van der Waals surface area contributed by atoms with E-state index in [4.69, 9.17) is 22.9 Å². The van der Waals surface area contributed by atoms with E-state index in [1.807, 2.05) is 13.8 Å². The Balaban J connectivity index is 0.00000829. The molecule has 0 radical (unpaired) electrons. The molecule has 0 spiro atoms. The number of imidazole rings is 1. The molecule has 0 aliphatic carbocycles. The average molecular weight is 868 g/mol. The van der Waals surface area contributed by atoms with Crippen LogP contribution in [0.4, 0.5) is 0 Å². The Labute approximate surface area is 358 Å². The van der Waals surface area contributed by atoms with Gasteiger partial charge in [0.15, 0.2) is 5.96 Å². The summed E-state index contributed by atoms with van der Waals surface area (Å²) in [6.07, 6.45) is 6.88. The van der Waals surface area contributed by atoms with Gasteiger partial charge in [-0.2, -0.15) is 12.6 Å². The second-order valence-corrected chi connectivity index (χ2v) is 15.5. The van der Waals surface area contributed by atoms with Gasteiger partial charge in [0.25, 0.3) is 0 Å². The van der Waals surface area contributed by atoms with Gasteiger partial charge in [-0.1, -0.05) is 27.2 Å². The SMILES string of the molecule is CC(C)CC(NC(=O)C(CCCN=C(N)N)NC(=O)CCCCCNC(=O)CNC(=O)C(CCC(N)=O)NC(=O)C(C)(C)C(=O)NCCc1cnc[nH]1)C(N)=O.CCCS. The highest BCUT2D eigenvalue weighted by Gasteiger charge is 2.38. The molecule has 8 amide bonds. The van der Waals surface area contributed by atoms with Crippen LogP contribution < -0.4 is 54.8 Å². The van der Waals surface area contributed by atoms with Gasteiger partial charge in [-0.05, 0) is 70.5 Å². The van der Waals surface area contributed by atoms with Gasteiger partial charge in [0.05, 0.1) is 12.9 Å². The third-order valence-electron chi connectivity index (χ3n) is 8.68. The number of carbonyl (C=O) groups excluding carboxylic acids is 8. The minimum Gasteiger partial charge on any atom is -0.370 e. The van der Waals surface area contributed by atoms with Gasteiger partial charge in [-0.25, -0.2) is 4.98 Å². The molecular formula is C38H69N13O8S. The lowest BCUT2D eigenvalue weighted by Crippen LogP contribution is -2.55. The first-order chi connectivity index (χ1) is 28.2. The standard InChI is InChI=1S/C35H61N13O8.C3H8S/c1-21(2)17-25(29(37)52)47-31(54)23(9-8-15-43-34(38)39)46-27(50)10-6-5-7-14-41-28(51)19-44-30(53)24(11-12-26(36)49)48-33(56)35(3,4)32(55)42-16-13-22-18-40-20-45-22;1-2-3-4/h18,20-21,23-25H,5-17,19H2,1-4H3,(H2,36,49)(H2,37,52)(H,40,45)(H,41,51)(H,42,55)(H,44,53)(H,46,50)(H,47,54)(H,48,56)(H4,38,39,43);4H,2-3H2,1H3. The van der Waals surface area contributed by atoms with E-state index in [9.17, 15) is 38.4 Å². The quantitative estimate of drug-likeness (QED) is 0.0145. The number of carbonyl (C=O) groups is 8. The first kappa shape index (κ1) is 54.6. The second-order valence-electron chi connectivity index (χ2n) is 15.0. The van der Waals surface area contributed by atoms with Crippen molar-refractivity contribution in [1.29, 1.82) is 0 Å². The summed E-state index contributed by atoms with van der Waals surface area (Å²) in [5.74, 6) is -3.93. The molecule has 0 fully saturated rings. The van der Waals surface area contributed by atoms with E-state index in [1.165, 1.54) is 26.6 Å². The molecule has 15 N–H and O–H groups in total. The molecule has 3 unspecified atom stereocenters. The molecule has 0 aromatic carbocycles. The van der Waals surface area contributed by atoms with Crippen molar-refractivity contribution in [3.8, 4) is 0 Å². The van der Waals surface area contributed by atoms with E-state index >= 15 is 0 Å². The van der Waals surface area contributed by atoms with E-state index in [0.29, 0.717) is 38.5 Å². The Morgan fingerprint density at radius 1 is 0.783 bits per heavy atom. The largest absolute Gasteiger partial charge is 0.370 e. The normalized spacial score (nSPS) is 12.3. The van der Waals surface area contributed by atoms with Gasteiger partial charge >= 0.3 is 0 Å². The highest BCUT2D eigenvalue weighted by molar-refractivity contribution is 7.80. The lowest BCUT2D eigenvalue weighted by Gasteiger charge is -2.26. The van der Waals surface area contributed by atoms with Crippen LogP contribution in [-0.2, 0) is 44.8 Å². The zero-order valence-electron chi connectivity index (χ0n) is 35.7. The molecule has 21 nitrogen and oxygen atoms in total. The topological polar surface area (TPSA) is 354 Å². The number of guanidine groups is 1. The molecule has 1 rings (SSSR count). The smallest absolute Gasteiger partial charge is 0.243 e. The van der Waals surface area contributed by atoms with E-state index in [2.05, 4.69) is 66.4 Å². The number of aromatic amines is 1. The van der Waals surface area contributed by atoms with Crippen molar-refractivity contribution in [2.24, 2.45) is 39.3 Å². The van der Waals surface area contributed by atoms with Gasteiger partial charge in [-0.3, -0.25) is 43.3 Å². The molecule has 22 heteroatoms. The number of hydrogen-bond donors (Lipinski definition) is 12. The van der Waals surface area contributed by atoms with Crippen molar-refractivity contribution < 1.29 is 38.4 Å². The molecular weight excluding hydrogens is 799 g/mol. The number of aliphatic imine (C=N–C) groups is 1. The number of rotatable bonds is 29. The molecule has 1 aromatic rings. The Hall–Kier alpha value is -5.41. The van der Waals surface area contributed by atoms with E-state index in [-0.39, 0.29) is 63.1 Å². The van der Waals surface area contributed by atoms with Crippen molar-refractivity contribution >= 4 is 65.8 Å². The Morgan fingerprint density at radius 2 is 1.45 bits per heavy atom. The first-order valence-electron chi connectivity index (χ1n) is 20.2. The van der Waals surface area contributed by atoms with E-state index < -0.39 is 71.4 Å². The third-order valence-corrected chi connectivity index (χ3v) is 9.13. The number of H-pyrrole nitrogens is 1. The summed E-state index contributed by atoms with van der Waals surface area (Å²) in [6.45, 7) is 8.94. The number of nitrogens with zero attached hydrogens (tertiary/aromatic N) is 2. The Bertz CT molecular complexity index is 1530. The summed E-state index contributed by atoms with van der Waals surface area (Å²) in [5, 5.41) is 15.6. The minimum absolute atomic E-state index is 0.0852. The van der Waals surface area contributed by atoms with Crippen LogP contribution in [0.15, 0.2) is 17.5 Å². The van der Waals surface area contributed by atoms with Gasteiger partial charge in [-0.15, -0.1) is 0 Å². The Morgan fingerprint density at radius 3 is 2.02 bits per heavy atom. The highest BCUT2D eigenvalue weighted by atomic mass is 32.1. The molecule has 0 saturated carbocycles. The maximum absolute atomic E-state index is 13.1. The predicted molar refractivity (Wildman–Crippen MR) is 230 cm³/mol. The highest BCUT2D eigenvalue weighted by Crippen LogP contribution is 2.17. The Kier molecular flexibility index (Phi) is 27.8. The lowest BCUT2D eigenvalue weighted by atomic mass is 9.90. The summed E-state index contributed by atoms with van der Waals surface area (Å²) in [4.78, 5) is 111. The van der Waals surface area contributed by atoms with Gasteiger partial charge in [0, 0.05) is 50.8 Å². The van der Waals surface area contributed by atoms with Crippen LogP contribution in [0.3, 0.4) is 0 Å². The maximum atomic E-state index is 13.1. The summed E-state index contributed by atoms with van der Waals surface area (Å²) in [7, 11) is 0. The molecule has 1 heterocycles. The number of aromatic nitrogens is 2. The summed E-state index contributed by atoms with van der Waals surface area (Å²) >= 11 is 3.92. The number of thiol groups is 1. The number of nitrogens with two attached hydrogens (primary N) is 4. The van der Waals surface area contributed by atoms with Crippen LogP contribution in [0.5, 0.6) is 0 Å². The van der Waals surface area contributed by atoms with Gasteiger partial charge in [0.1, 0.15) is 23.5 Å². The number of unbranched alkanes of at least 4 members (excludes halogenated alkanes) is 2. The van der Waals surface area contributed by atoms with Crippen molar-refractivity contribution in [3.05, 3.63) is 18.2 Å². The molecule has 0 saturated heterocycles. The van der Waals surface area contributed by atoms with Crippen LogP contribution >= 0.6 is 12.6 Å². The van der Waals surface area contributed by atoms with Crippen LogP contribution in [0, 0.1) is 11.3 Å². The monoisotopic (exact) mass is 868 g/mol. The van der Waals surface area contributed by atoms with Gasteiger partial charge in [0.2, 0.25) is 47.3 Å². The number of nitrogens with one attached hydrogen (secondary N) is 7. The zero-order chi connectivity index (χ0) is 45.7.